The van der Waals surface area contributed by atoms with E-state index in [-0.39, 0.29) is 11.9 Å². The molecular weight excluding hydrogens is 250 g/mol. The third-order valence-corrected chi connectivity index (χ3v) is 3.44. The molecule has 1 unspecified atom stereocenters. The molecule has 5 nitrogen and oxygen atoms in total. The molecule has 0 amide bonds. The number of rotatable bonds is 6. The largest absolute Gasteiger partial charge is 0.388 e. The van der Waals surface area contributed by atoms with Crippen LogP contribution in [0.1, 0.15) is 23.9 Å². The Morgan fingerprint density at radius 3 is 2.65 bits per heavy atom. The molecule has 0 fully saturated rings. The van der Waals surface area contributed by atoms with Crippen molar-refractivity contribution in [2.24, 2.45) is 12.8 Å². The van der Waals surface area contributed by atoms with E-state index in [4.69, 9.17) is 11.1 Å². The van der Waals surface area contributed by atoms with Gasteiger partial charge in [-0.15, -0.1) is 0 Å². The molecule has 2 rings (SSSR count). The summed E-state index contributed by atoms with van der Waals surface area (Å²) >= 11 is 0. The van der Waals surface area contributed by atoms with Crippen molar-refractivity contribution in [1.29, 1.82) is 5.41 Å². The van der Waals surface area contributed by atoms with Gasteiger partial charge in [-0.3, -0.25) is 10.3 Å². The predicted octanol–water partition coefficient (Wildman–Crippen LogP) is 1.92. The number of amidine groups is 1. The van der Waals surface area contributed by atoms with Crippen molar-refractivity contribution in [3.8, 4) is 0 Å². The second-order valence-corrected chi connectivity index (χ2v) is 5.03. The van der Waals surface area contributed by atoms with Crippen molar-refractivity contribution in [2.75, 3.05) is 7.05 Å². The maximum absolute atomic E-state index is 7.59. The topological polar surface area (TPSA) is 70.9 Å². The summed E-state index contributed by atoms with van der Waals surface area (Å²) in [6.45, 7) is 0.719. The maximum Gasteiger partial charge on any atom is 0.122 e. The van der Waals surface area contributed by atoms with E-state index in [0.29, 0.717) is 6.42 Å². The van der Waals surface area contributed by atoms with Crippen molar-refractivity contribution >= 4 is 5.84 Å². The standard InChI is InChI=1S/C15H21N5/c1-19-9-8-18-15(19)11-20(2)13(10-14(16)17)12-6-4-3-5-7-12/h3-9,13H,10-11H2,1-2H3,(H3,16,17). The minimum Gasteiger partial charge on any atom is -0.388 e. The highest BCUT2D eigenvalue weighted by molar-refractivity contribution is 5.77. The Hall–Kier alpha value is -2.14. The molecule has 1 atom stereocenters. The van der Waals surface area contributed by atoms with Gasteiger partial charge in [-0.1, -0.05) is 30.3 Å². The van der Waals surface area contributed by atoms with E-state index >= 15 is 0 Å². The summed E-state index contributed by atoms with van der Waals surface area (Å²) in [5.41, 5.74) is 6.77. The van der Waals surface area contributed by atoms with Crippen LogP contribution >= 0.6 is 0 Å². The first-order valence-corrected chi connectivity index (χ1v) is 6.62. The number of hydrogen-bond donors (Lipinski definition) is 2. The number of benzene rings is 1. The number of nitrogens with one attached hydrogen (secondary N) is 1. The Balaban J connectivity index is 2.18. The molecule has 2 aromatic rings. The Kier molecular flexibility index (Phi) is 4.53. The molecule has 5 heteroatoms. The number of aryl methyl sites for hydroxylation is 1. The van der Waals surface area contributed by atoms with Crippen LogP contribution < -0.4 is 5.73 Å². The highest BCUT2D eigenvalue weighted by Gasteiger charge is 2.19. The Labute approximate surface area is 119 Å². The van der Waals surface area contributed by atoms with Crippen molar-refractivity contribution in [3.05, 3.63) is 54.1 Å². The second-order valence-electron chi connectivity index (χ2n) is 5.03. The van der Waals surface area contributed by atoms with Crippen LogP contribution in [0.2, 0.25) is 0 Å². The zero-order chi connectivity index (χ0) is 14.5. The van der Waals surface area contributed by atoms with Crippen LogP contribution in [0.4, 0.5) is 0 Å². The molecule has 106 valence electrons. The van der Waals surface area contributed by atoms with E-state index in [1.54, 1.807) is 6.20 Å². The molecule has 0 saturated heterocycles. The summed E-state index contributed by atoms with van der Waals surface area (Å²) in [6, 6.07) is 10.2. The van der Waals surface area contributed by atoms with E-state index in [1.807, 2.05) is 43.1 Å². The van der Waals surface area contributed by atoms with E-state index in [1.165, 1.54) is 5.56 Å². The number of nitrogens with zero attached hydrogens (tertiary/aromatic N) is 3. The Morgan fingerprint density at radius 2 is 2.10 bits per heavy atom. The van der Waals surface area contributed by atoms with Crippen LogP contribution in [0.3, 0.4) is 0 Å². The van der Waals surface area contributed by atoms with Crippen molar-refractivity contribution in [2.45, 2.75) is 19.0 Å². The molecule has 20 heavy (non-hydrogen) atoms. The van der Waals surface area contributed by atoms with Crippen LogP contribution in [-0.2, 0) is 13.6 Å². The molecule has 0 bridgehead atoms. The summed E-state index contributed by atoms with van der Waals surface area (Å²) in [5, 5.41) is 7.59. The monoisotopic (exact) mass is 271 g/mol. The lowest BCUT2D eigenvalue weighted by molar-refractivity contribution is 0.233. The summed E-state index contributed by atoms with van der Waals surface area (Å²) in [6.07, 6.45) is 4.25. The smallest absolute Gasteiger partial charge is 0.122 e. The molecule has 1 aromatic carbocycles. The van der Waals surface area contributed by atoms with Gasteiger partial charge < -0.3 is 10.3 Å². The fourth-order valence-electron chi connectivity index (χ4n) is 2.29. The number of imidazole rings is 1. The summed E-state index contributed by atoms with van der Waals surface area (Å²) in [4.78, 5) is 6.53. The Morgan fingerprint density at radius 1 is 1.40 bits per heavy atom. The summed E-state index contributed by atoms with van der Waals surface area (Å²) in [7, 11) is 4.02. The molecule has 0 spiro atoms. The molecule has 0 aliphatic rings. The highest BCUT2D eigenvalue weighted by Crippen LogP contribution is 2.24. The molecule has 0 saturated carbocycles. The Bertz CT molecular complexity index is 561. The molecule has 3 N–H and O–H groups in total. The van der Waals surface area contributed by atoms with Gasteiger partial charge in [-0.25, -0.2) is 4.98 Å². The van der Waals surface area contributed by atoms with Gasteiger partial charge in [0.25, 0.3) is 0 Å². The van der Waals surface area contributed by atoms with Crippen LogP contribution in [0, 0.1) is 5.41 Å². The lowest BCUT2D eigenvalue weighted by Gasteiger charge is -2.28. The summed E-state index contributed by atoms with van der Waals surface area (Å²) < 4.78 is 2.01. The molecular formula is C15H21N5. The minimum absolute atomic E-state index is 0.0883. The number of aromatic nitrogens is 2. The second kappa shape index (κ2) is 6.34. The van der Waals surface area contributed by atoms with Crippen LogP contribution in [0.5, 0.6) is 0 Å². The SMILES string of the molecule is CN(Cc1nccn1C)C(CC(=N)N)c1ccccc1. The van der Waals surface area contributed by atoms with E-state index < -0.39 is 0 Å². The van der Waals surface area contributed by atoms with Crippen LogP contribution in [0.15, 0.2) is 42.7 Å². The lowest BCUT2D eigenvalue weighted by atomic mass is 10.0. The van der Waals surface area contributed by atoms with Gasteiger partial charge in [0.15, 0.2) is 0 Å². The van der Waals surface area contributed by atoms with Gasteiger partial charge in [-0.05, 0) is 12.6 Å². The first-order valence-electron chi connectivity index (χ1n) is 6.62. The van der Waals surface area contributed by atoms with E-state index in [9.17, 15) is 0 Å². The van der Waals surface area contributed by atoms with Gasteiger partial charge in [-0.2, -0.15) is 0 Å². The first-order chi connectivity index (χ1) is 9.58. The zero-order valence-electron chi connectivity index (χ0n) is 12.0. The predicted molar refractivity (Wildman–Crippen MR) is 80.4 cm³/mol. The zero-order valence-corrected chi connectivity index (χ0v) is 12.0. The van der Waals surface area contributed by atoms with Gasteiger partial charge >= 0.3 is 0 Å². The number of hydrogen-bond acceptors (Lipinski definition) is 3. The molecule has 1 aromatic heterocycles. The first kappa shape index (κ1) is 14.3. The average Bonchev–Trinajstić information content (AvgIpc) is 2.82. The van der Waals surface area contributed by atoms with Gasteiger partial charge in [0.2, 0.25) is 0 Å². The van der Waals surface area contributed by atoms with Gasteiger partial charge in [0.05, 0.1) is 12.4 Å². The fourth-order valence-corrected chi connectivity index (χ4v) is 2.29. The van der Waals surface area contributed by atoms with Crippen LogP contribution in [0.25, 0.3) is 0 Å². The van der Waals surface area contributed by atoms with Crippen LogP contribution in [-0.4, -0.2) is 27.3 Å². The van der Waals surface area contributed by atoms with Crippen molar-refractivity contribution in [3.63, 3.8) is 0 Å². The lowest BCUT2D eigenvalue weighted by Crippen LogP contribution is -2.29. The number of nitrogens with two attached hydrogens (primary N) is 1. The average molecular weight is 271 g/mol. The molecule has 0 aliphatic carbocycles. The maximum atomic E-state index is 7.59. The fraction of sp³-hybridized carbons (Fsp3) is 0.333. The van der Waals surface area contributed by atoms with Gasteiger partial charge in [0.1, 0.15) is 5.82 Å². The van der Waals surface area contributed by atoms with Crippen molar-refractivity contribution in [1.82, 2.24) is 14.5 Å². The highest BCUT2D eigenvalue weighted by atomic mass is 15.2. The van der Waals surface area contributed by atoms with E-state index in [0.717, 1.165) is 12.4 Å². The third-order valence-electron chi connectivity index (χ3n) is 3.44. The van der Waals surface area contributed by atoms with Gasteiger partial charge in [0, 0.05) is 31.9 Å². The minimum atomic E-state index is 0.0883. The summed E-state index contributed by atoms with van der Waals surface area (Å²) in [5.74, 6) is 1.20. The van der Waals surface area contributed by atoms with Crippen molar-refractivity contribution < 1.29 is 0 Å². The normalized spacial score (nSPS) is 12.6. The molecule has 0 radical (unpaired) electrons. The molecule has 1 heterocycles. The molecule has 0 aliphatic heterocycles. The third kappa shape index (κ3) is 3.45. The van der Waals surface area contributed by atoms with E-state index in [2.05, 4.69) is 22.0 Å². The quantitative estimate of drug-likeness (QED) is 0.623.